The number of amides is 2. The van der Waals surface area contributed by atoms with Crippen molar-refractivity contribution in [2.24, 2.45) is 0 Å². The Bertz CT molecular complexity index is 1080. The second kappa shape index (κ2) is 6.81. The number of thiazole rings is 1. The number of hydrogen-bond donors (Lipinski definition) is 2. The number of urea groups is 1. The van der Waals surface area contributed by atoms with E-state index in [9.17, 15) is 9.18 Å². The highest BCUT2D eigenvalue weighted by Crippen LogP contribution is 2.46. The maximum atomic E-state index is 13.5. The standard InChI is InChI=1S/C20H19ClFN5OS/c1-11-6-16-13(18(26-25-16)17-9-29-10-23-17)8-27(11)19(28)24-20(4-5-20)12-2-3-15(22)14(21)7-12/h2-3,7,9-11H,4-6,8H2,1H3,(H,24,28)(H,25,26). The van der Waals surface area contributed by atoms with Crippen molar-refractivity contribution in [3.05, 3.63) is 56.8 Å². The molecular formula is C20H19ClFN5OS. The topological polar surface area (TPSA) is 73.9 Å². The third-order valence-corrected chi connectivity index (χ3v) is 6.69. The molecule has 0 radical (unpaired) electrons. The first-order chi connectivity index (χ1) is 14.0. The molecule has 9 heteroatoms. The minimum absolute atomic E-state index is 0.0267. The largest absolute Gasteiger partial charge is 0.328 e. The molecule has 6 nitrogen and oxygen atoms in total. The number of rotatable bonds is 3. The van der Waals surface area contributed by atoms with Gasteiger partial charge in [0.25, 0.3) is 0 Å². The molecule has 1 aliphatic carbocycles. The van der Waals surface area contributed by atoms with Gasteiger partial charge in [0.1, 0.15) is 17.2 Å². The highest BCUT2D eigenvalue weighted by Gasteiger charge is 2.47. The van der Waals surface area contributed by atoms with Gasteiger partial charge in [0.2, 0.25) is 0 Å². The van der Waals surface area contributed by atoms with Crippen molar-refractivity contribution in [2.75, 3.05) is 0 Å². The second-order valence-electron chi connectivity index (χ2n) is 7.73. The van der Waals surface area contributed by atoms with E-state index in [1.54, 1.807) is 17.6 Å². The average molecular weight is 432 g/mol. The Morgan fingerprint density at radius 2 is 2.28 bits per heavy atom. The van der Waals surface area contributed by atoms with E-state index in [0.717, 1.165) is 41.1 Å². The number of nitrogens with one attached hydrogen (secondary N) is 2. The van der Waals surface area contributed by atoms with E-state index in [1.807, 2.05) is 17.2 Å². The molecule has 1 saturated carbocycles. The number of carbonyl (C=O) groups is 1. The Morgan fingerprint density at radius 3 is 2.97 bits per heavy atom. The number of H-pyrrole nitrogens is 1. The van der Waals surface area contributed by atoms with Crippen molar-refractivity contribution in [2.45, 2.75) is 44.3 Å². The first kappa shape index (κ1) is 18.6. The van der Waals surface area contributed by atoms with Crippen LogP contribution in [0.5, 0.6) is 0 Å². The van der Waals surface area contributed by atoms with Gasteiger partial charge in [-0.3, -0.25) is 5.10 Å². The molecule has 2 amide bonds. The van der Waals surface area contributed by atoms with E-state index in [0.29, 0.717) is 13.0 Å². The van der Waals surface area contributed by atoms with Crippen LogP contribution in [0.3, 0.4) is 0 Å². The van der Waals surface area contributed by atoms with Gasteiger partial charge in [-0.05, 0) is 37.5 Å². The Balaban J connectivity index is 1.38. The van der Waals surface area contributed by atoms with Crippen LogP contribution >= 0.6 is 22.9 Å². The van der Waals surface area contributed by atoms with Crippen LogP contribution in [0.2, 0.25) is 5.02 Å². The van der Waals surface area contributed by atoms with Gasteiger partial charge in [-0.15, -0.1) is 11.3 Å². The van der Waals surface area contributed by atoms with Gasteiger partial charge < -0.3 is 10.2 Å². The highest BCUT2D eigenvalue weighted by molar-refractivity contribution is 7.07. The molecule has 2 aliphatic rings. The van der Waals surface area contributed by atoms with Crippen molar-refractivity contribution < 1.29 is 9.18 Å². The molecule has 1 fully saturated rings. The molecule has 1 aliphatic heterocycles. The summed E-state index contributed by atoms with van der Waals surface area (Å²) >= 11 is 7.47. The Kier molecular flexibility index (Phi) is 4.36. The number of aromatic nitrogens is 3. The molecule has 0 spiro atoms. The lowest BCUT2D eigenvalue weighted by atomic mass is 9.99. The maximum absolute atomic E-state index is 13.5. The van der Waals surface area contributed by atoms with E-state index >= 15 is 0 Å². The lowest BCUT2D eigenvalue weighted by Crippen LogP contribution is -2.50. The summed E-state index contributed by atoms with van der Waals surface area (Å²) in [6, 6.07) is 4.55. The fraction of sp³-hybridized carbons (Fsp3) is 0.350. The van der Waals surface area contributed by atoms with Gasteiger partial charge in [0.05, 0.1) is 22.6 Å². The fourth-order valence-corrected chi connectivity index (χ4v) is 4.68. The number of halogens is 2. The van der Waals surface area contributed by atoms with Crippen LogP contribution < -0.4 is 5.32 Å². The van der Waals surface area contributed by atoms with Crippen molar-refractivity contribution in [1.82, 2.24) is 25.4 Å². The Hall–Kier alpha value is -2.45. The number of nitrogens with zero attached hydrogens (tertiary/aromatic N) is 3. The van der Waals surface area contributed by atoms with Crippen LogP contribution in [-0.4, -0.2) is 32.2 Å². The van der Waals surface area contributed by atoms with Gasteiger partial charge in [-0.2, -0.15) is 5.10 Å². The monoisotopic (exact) mass is 431 g/mol. The molecule has 29 heavy (non-hydrogen) atoms. The SMILES string of the molecule is CC1Cc2[nH]nc(-c3cscn3)c2CN1C(=O)NC1(c2ccc(F)c(Cl)c2)CC1. The normalized spacial score (nSPS) is 19.7. The van der Waals surface area contributed by atoms with E-state index in [4.69, 9.17) is 11.6 Å². The predicted octanol–water partition coefficient (Wildman–Crippen LogP) is 4.47. The number of carbonyl (C=O) groups excluding carboxylic acids is 1. The maximum Gasteiger partial charge on any atom is 0.318 e. The number of benzene rings is 1. The average Bonchev–Trinajstić information content (AvgIpc) is 3.11. The van der Waals surface area contributed by atoms with Crippen molar-refractivity contribution in [3.63, 3.8) is 0 Å². The minimum atomic E-state index is -0.470. The molecule has 2 N–H and O–H groups in total. The number of hydrogen-bond acceptors (Lipinski definition) is 4. The zero-order chi connectivity index (χ0) is 20.2. The summed E-state index contributed by atoms with van der Waals surface area (Å²) in [6.07, 6.45) is 2.32. The molecule has 2 aromatic heterocycles. The van der Waals surface area contributed by atoms with Crippen molar-refractivity contribution >= 4 is 29.0 Å². The first-order valence-electron chi connectivity index (χ1n) is 9.46. The third kappa shape index (κ3) is 3.20. The zero-order valence-corrected chi connectivity index (χ0v) is 17.3. The molecule has 3 aromatic rings. The van der Waals surface area contributed by atoms with Crippen LogP contribution in [0, 0.1) is 5.82 Å². The predicted molar refractivity (Wildman–Crippen MR) is 109 cm³/mol. The first-order valence-corrected chi connectivity index (χ1v) is 10.8. The fourth-order valence-electron chi connectivity index (χ4n) is 3.97. The van der Waals surface area contributed by atoms with E-state index in [2.05, 4.69) is 20.5 Å². The van der Waals surface area contributed by atoms with Crippen LogP contribution in [0.25, 0.3) is 11.4 Å². The zero-order valence-electron chi connectivity index (χ0n) is 15.7. The van der Waals surface area contributed by atoms with Gasteiger partial charge in [0.15, 0.2) is 0 Å². The molecule has 1 aromatic carbocycles. The molecule has 5 rings (SSSR count). The smallest absolute Gasteiger partial charge is 0.318 e. The highest BCUT2D eigenvalue weighted by atomic mass is 35.5. The summed E-state index contributed by atoms with van der Waals surface area (Å²) in [7, 11) is 0. The Morgan fingerprint density at radius 1 is 1.45 bits per heavy atom. The van der Waals surface area contributed by atoms with Crippen LogP contribution in [0.1, 0.15) is 36.6 Å². The summed E-state index contributed by atoms with van der Waals surface area (Å²) in [5.74, 6) is -0.454. The van der Waals surface area contributed by atoms with E-state index in [-0.39, 0.29) is 17.1 Å². The minimum Gasteiger partial charge on any atom is -0.328 e. The lowest BCUT2D eigenvalue weighted by molar-refractivity contribution is 0.163. The van der Waals surface area contributed by atoms with Gasteiger partial charge >= 0.3 is 6.03 Å². The van der Waals surface area contributed by atoms with Gasteiger partial charge in [-0.1, -0.05) is 17.7 Å². The summed E-state index contributed by atoms with van der Waals surface area (Å²) in [4.78, 5) is 19.4. The Labute approximate surface area is 176 Å². The summed E-state index contributed by atoms with van der Waals surface area (Å²) in [5, 5.41) is 12.7. The quantitative estimate of drug-likeness (QED) is 0.642. The molecule has 1 unspecified atom stereocenters. The molecule has 150 valence electrons. The van der Waals surface area contributed by atoms with Crippen molar-refractivity contribution in [1.29, 1.82) is 0 Å². The molecule has 0 saturated heterocycles. The number of fused-ring (bicyclic) bond motifs is 1. The number of aromatic amines is 1. The third-order valence-electron chi connectivity index (χ3n) is 5.82. The van der Waals surface area contributed by atoms with Gasteiger partial charge in [0, 0.05) is 29.1 Å². The van der Waals surface area contributed by atoms with Crippen LogP contribution in [0.4, 0.5) is 9.18 Å². The van der Waals surface area contributed by atoms with Crippen LogP contribution in [0.15, 0.2) is 29.1 Å². The van der Waals surface area contributed by atoms with Crippen molar-refractivity contribution in [3.8, 4) is 11.4 Å². The molecule has 3 heterocycles. The summed E-state index contributed by atoms with van der Waals surface area (Å²) < 4.78 is 13.5. The molecular weight excluding hydrogens is 413 g/mol. The molecule has 1 atom stereocenters. The summed E-state index contributed by atoms with van der Waals surface area (Å²) in [6.45, 7) is 2.49. The molecule has 0 bridgehead atoms. The van der Waals surface area contributed by atoms with E-state index in [1.165, 1.54) is 17.4 Å². The van der Waals surface area contributed by atoms with E-state index < -0.39 is 11.4 Å². The second-order valence-corrected chi connectivity index (χ2v) is 8.85. The van der Waals surface area contributed by atoms with Crippen LogP contribution in [-0.2, 0) is 18.5 Å². The lowest BCUT2D eigenvalue weighted by Gasteiger charge is -2.35. The summed E-state index contributed by atoms with van der Waals surface area (Å²) in [5.41, 5.74) is 5.84. The van der Waals surface area contributed by atoms with Gasteiger partial charge in [-0.25, -0.2) is 14.2 Å².